The number of hydrogen-bond acceptors (Lipinski definition) is 2. The summed E-state index contributed by atoms with van der Waals surface area (Å²) in [6.45, 7) is 11.7. The van der Waals surface area contributed by atoms with Crippen molar-refractivity contribution in [2.24, 2.45) is 23.5 Å². The van der Waals surface area contributed by atoms with Gasteiger partial charge >= 0.3 is 0 Å². The fourth-order valence-corrected chi connectivity index (χ4v) is 4.55. The summed E-state index contributed by atoms with van der Waals surface area (Å²) in [6.07, 6.45) is 6.81. The molecule has 2 rings (SSSR count). The summed E-state index contributed by atoms with van der Waals surface area (Å²) in [4.78, 5) is 2.82. The number of rotatable bonds is 3. The molecule has 2 aliphatic rings. The maximum atomic E-state index is 6.29. The maximum Gasteiger partial charge on any atom is 0.0362 e. The molecule has 0 aromatic rings. The van der Waals surface area contributed by atoms with Gasteiger partial charge in [0.25, 0.3) is 0 Å². The van der Waals surface area contributed by atoms with Crippen LogP contribution in [0.3, 0.4) is 0 Å². The summed E-state index contributed by atoms with van der Waals surface area (Å²) in [5.74, 6) is 2.37. The molecule has 1 aliphatic heterocycles. The summed E-state index contributed by atoms with van der Waals surface area (Å²) in [6, 6.07) is 0.765. The molecule has 2 heteroatoms. The molecule has 1 heterocycles. The smallest absolute Gasteiger partial charge is 0.0362 e. The predicted molar refractivity (Wildman–Crippen MR) is 78.5 cm³/mol. The molecule has 2 nitrogen and oxygen atoms in total. The van der Waals surface area contributed by atoms with E-state index < -0.39 is 0 Å². The van der Waals surface area contributed by atoms with Gasteiger partial charge in [-0.25, -0.2) is 0 Å². The second-order valence-corrected chi connectivity index (χ2v) is 7.24. The lowest BCUT2D eigenvalue weighted by atomic mass is 9.68. The number of hydrogen-bond donors (Lipinski definition) is 1. The third-order valence-electron chi connectivity index (χ3n) is 5.71. The van der Waals surface area contributed by atoms with Gasteiger partial charge in [-0.3, -0.25) is 4.90 Å². The molecule has 0 aromatic carbocycles. The van der Waals surface area contributed by atoms with Crippen LogP contribution in [0, 0.1) is 17.8 Å². The van der Waals surface area contributed by atoms with E-state index in [9.17, 15) is 0 Å². The van der Waals surface area contributed by atoms with E-state index in [2.05, 4.69) is 32.6 Å². The summed E-state index contributed by atoms with van der Waals surface area (Å²) in [7, 11) is 0. The molecule has 0 amide bonds. The highest BCUT2D eigenvalue weighted by molar-refractivity contribution is 5.04. The van der Waals surface area contributed by atoms with Crippen LogP contribution in [0.5, 0.6) is 0 Å². The molecule has 1 saturated carbocycles. The SMILES string of the molecule is CC1CCC(C)C(CN)(N2CCCC2C(C)C)C1. The van der Waals surface area contributed by atoms with Crippen molar-refractivity contribution in [3.63, 3.8) is 0 Å². The third-order valence-corrected chi connectivity index (χ3v) is 5.71. The second kappa shape index (κ2) is 5.50. The standard InChI is InChI=1S/C16H32N2/c1-12(2)15-6-5-9-18(15)16(11-17)10-13(3)7-8-14(16)4/h12-15H,5-11,17H2,1-4H3. The summed E-state index contributed by atoms with van der Waals surface area (Å²) >= 11 is 0. The molecular weight excluding hydrogens is 220 g/mol. The average molecular weight is 252 g/mol. The van der Waals surface area contributed by atoms with Crippen LogP contribution in [0.4, 0.5) is 0 Å². The van der Waals surface area contributed by atoms with Crippen LogP contribution in [0.1, 0.15) is 59.8 Å². The molecule has 0 spiro atoms. The van der Waals surface area contributed by atoms with Crippen molar-refractivity contribution in [3.8, 4) is 0 Å². The molecule has 1 saturated heterocycles. The van der Waals surface area contributed by atoms with Crippen molar-refractivity contribution in [2.75, 3.05) is 13.1 Å². The molecule has 18 heavy (non-hydrogen) atoms. The fourth-order valence-electron chi connectivity index (χ4n) is 4.55. The van der Waals surface area contributed by atoms with Crippen molar-refractivity contribution in [2.45, 2.75) is 71.4 Å². The first-order chi connectivity index (χ1) is 8.51. The van der Waals surface area contributed by atoms with E-state index in [0.29, 0.717) is 5.54 Å². The van der Waals surface area contributed by atoms with Gasteiger partial charge in [0.15, 0.2) is 0 Å². The lowest BCUT2D eigenvalue weighted by Gasteiger charge is -2.53. The van der Waals surface area contributed by atoms with Gasteiger partial charge in [-0.15, -0.1) is 0 Å². The quantitative estimate of drug-likeness (QED) is 0.835. The molecule has 2 N–H and O–H groups in total. The normalized spacial score (nSPS) is 42.7. The van der Waals surface area contributed by atoms with Gasteiger partial charge in [-0.05, 0) is 50.0 Å². The van der Waals surface area contributed by atoms with Gasteiger partial charge in [0.05, 0.1) is 0 Å². The first kappa shape index (κ1) is 14.3. The minimum atomic E-state index is 0.295. The van der Waals surface area contributed by atoms with E-state index in [1.54, 1.807) is 0 Å². The predicted octanol–water partition coefficient (Wildman–Crippen LogP) is 3.26. The Labute approximate surface area is 113 Å². The average Bonchev–Trinajstić information content (AvgIpc) is 2.82. The van der Waals surface area contributed by atoms with Crippen molar-refractivity contribution in [1.29, 1.82) is 0 Å². The van der Waals surface area contributed by atoms with Crippen LogP contribution in [0.15, 0.2) is 0 Å². The Hall–Kier alpha value is -0.0800. The Morgan fingerprint density at radius 1 is 1.22 bits per heavy atom. The van der Waals surface area contributed by atoms with E-state index in [1.165, 1.54) is 38.6 Å². The van der Waals surface area contributed by atoms with E-state index in [0.717, 1.165) is 30.3 Å². The van der Waals surface area contributed by atoms with Crippen molar-refractivity contribution < 1.29 is 0 Å². The number of nitrogens with zero attached hydrogens (tertiary/aromatic N) is 1. The zero-order valence-electron chi connectivity index (χ0n) is 12.8. The molecule has 0 aromatic heterocycles. The van der Waals surface area contributed by atoms with Gasteiger partial charge in [-0.1, -0.05) is 34.1 Å². The van der Waals surface area contributed by atoms with Crippen LogP contribution in [-0.2, 0) is 0 Å². The van der Waals surface area contributed by atoms with Gasteiger partial charge in [-0.2, -0.15) is 0 Å². The third kappa shape index (κ3) is 2.34. The molecule has 106 valence electrons. The molecule has 0 radical (unpaired) electrons. The van der Waals surface area contributed by atoms with Gasteiger partial charge < -0.3 is 5.73 Å². The Morgan fingerprint density at radius 3 is 2.56 bits per heavy atom. The Morgan fingerprint density at radius 2 is 1.94 bits per heavy atom. The van der Waals surface area contributed by atoms with Crippen LogP contribution in [0.2, 0.25) is 0 Å². The highest BCUT2D eigenvalue weighted by atomic mass is 15.3. The molecular formula is C16H32N2. The lowest BCUT2D eigenvalue weighted by Crippen LogP contribution is -2.62. The van der Waals surface area contributed by atoms with Crippen LogP contribution in [0.25, 0.3) is 0 Å². The topological polar surface area (TPSA) is 29.3 Å². The molecule has 1 aliphatic carbocycles. The van der Waals surface area contributed by atoms with Gasteiger partial charge in [0.1, 0.15) is 0 Å². The van der Waals surface area contributed by atoms with E-state index >= 15 is 0 Å². The van der Waals surface area contributed by atoms with Gasteiger partial charge in [0, 0.05) is 18.1 Å². The minimum absolute atomic E-state index is 0.295. The van der Waals surface area contributed by atoms with E-state index in [4.69, 9.17) is 5.73 Å². The Balaban J connectivity index is 2.24. The summed E-state index contributed by atoms with van der Waals surface area (Å²) < 4.78 is 0. The van der Waals surface area contributed by atoms with E-state index in [1.807, 2.05) is 0 Å². The van der Waals surface area contributed by atoms with Crippen LogP contribution >= 0.6 is 0 Å². The molecule has 4 atom stereocenters. The van der Waals surface area contributed by atoms with Crippen molar-refractivity contribution in [1.82, 2.24) is 4.90 Å². The highest BCUT2D eigenvalue weighted by Gasteiger charge is 2.48. The molecule has 4 unspecified atom stereocenters. The van der Waals surface area contributed by atoms with Crippen LogP contribution < -0.4 is 5.73 Å². The Bertz CT molecular complexity index is 276. The zero-order chi connectivity index (χ0) is 13.3. The zero-order valence-corrected chi connectivity index (χ0v) is 12.8. The van der Waals surface area contributed by atoms with Gasteiger partial charge in [0.2, 0.25) is 0 Å². The summed E-state index contributed by atoms with van der Waals surface area (Å²) in [5.41, 5.74) is 6.59. The fraction of sp³-hybridized carbons (Fsp3) is 1.00. The first-order valence-electron chi connectivity index (χ1n) is 7.98. The number of likely N-dealkylation sites (tertiary alicyclic amines) is 1. The largest absolute Gasteiger partial charge is 0.329 e. The maximum absolute atomic E-state index is 6.29. The Kier molecular flexibility index (Phi) is 4.38. The highest BCUT2D eigenvalue weighted by Crippen LogP contribution is 2.44. The summed E-state index contributed by atoms with van der Waals surface area (Å²) in [5, 5.41) is 0. The van der Waals surface area contributed by atoms with Crippen molar-refractivity contribution >= 4 is 0 Å². The number of nitrogens with two attached hydrogens (primary N) is 1. The van der Waals surface area contributed by atoms with E-state index in [-0.39, 0.29) is 0 Å². The monoisotopic (exact) mass is 252 g/mol. The van der Waals surface area contributed by atoms with Crippen molar-refractivity contribution in [3.05, 3.63) is 0 Å². The first-order valence-corrected chi connectivity index (χ1v) is 7.98. The van der Waals surface area contributed by atoms with Crippen LogP contribution in [-0.4, -0.2) is 29.6 Å². The second-order valence-electron chi connectivity index (χ2n) is 7.24. The lowest BCUT2D eigenvalue weighted by molar-refractivity contribution is -0.0231. The molecule has 2 fully saturated rings. The molecule has 0 bridgehead atoms. The minimum Gasteiger partial charge on any atom is -0.329 e.